The first-order chi connectivity index (χ1) is 7.65. The average molecular weight is 222 g/mol. The van der Waals surface area contributed by atoms with Crippen LogP contribution in [0.2, 0.25) is 0 Å². The van der Waals surface area contributed by atoms with E-state index in [1.807, 2.05) is 0 Å². The zero-order valence-corrected chi connectivity index (χ0v) is 8.72. The predicted octanol–water partition coefficient (Wildman–Crippen LogP) is 1.80. The zero-order valence-electron chi connectivity index (χ0n) is 8.72. The quantitative estimate of drug-likeness (QED) is 0.860. The highest BCUT2D eigenvalue weighted by atomic mass is 19.1. The molecule has 5 heteroatoms. The van der Waals surface area contributed by atoms with Gasteiger partial charge in [-0.15, -0.1) is 0 Å². The summed E-state index contributed by atoms with van der Waals surface area (Å²) >= 11 is 0. The maximum Gasteiger partial charge on any atom is 0.258 e. The smallest absolute Gasteiger partial charge is 0.258 e. The number of hydrogen-bond acceptors (Lipinski definition) is 4. The second-order valence-corrected chi connectivity index (χ2v) is 3.58. The molecule has 1 aromatic heterocycles. The van der Waals surface area contributed by atoms with Gasteiger partial charge in [0.1, 0.15) is 5.82 Å². The molecule has 0 saturated heterocycles. The summed E-state index contributed by atoms with van der Waals surface area (Å²) in [5.41, 5.74) is 0.532. The molecule has 0 spiro atoms. The maximum atomic E-state index is 12.9. The van der Waals surface area contributed by atoms with E-state index in [-0.39, 0.29) is 11.7 Å². The molecule has 1 aromatic carbocycles. The van der Waals surface area contributed by atoms with Crippen molar-refractivity contribution >= 4 is 0 Å². The van der Waals surface area contributed by atoms with Crippen LogP contribution in [0.5, 0.6) is 0 Å². The molecule has 0 saturated carbocycles. The van der Waals surface area contributed by atoms with Gasteiger partial charge in [-0.25, -0.2) is 4.39 Å². The summed E-state index contributed by atoms with van der Waals surface area (Å²) in [4.78, 5) is 4.06. The summed E-state index contributed by atoms with van der Waals surface area (Å²) in [6.07, 6.45) is -0.211. The van der Waals surface area contributed by atoms with Gasteiger partial charge in [0.05, 0.1) is 6.10 Å². The van der Waals surface area contributed by atoms with E-state index in [1.54, 1.807) is 19.1 Å². The summed E-state index contributed by atoms with van der Waals surface area (Å²) in [5.74, 6) is 0.317. The lowest BCUT2D eigenvalue weighted by Crippen LogP contribution is -2.05. The number of aromatic nitrogens is 2. The molecule has 1 unspecified atom stereocenters. The molecule has 16 heavy (non-hydrogen) atoms. The van der Waals surface area contributed by atoms with E-state index in [9.17, 15) is 4.39 Å². The van der Waals surface area contributed by atoms with Crippen LogP contribution in [0.4, 0.5) is 4.39 Å². The lowest BCUT2D eigenvalue weighted by Gasteiger charge is -1.96. The highest BCUT2D eigenvalue weighted by Crippen LogP contribution is 2.18. The highest BCUT2D eigenvalue weighted by Gasteiger charge is 2.10. The first kappa shape index (κ1) is 10.8. The molecule has 0 aliphatic carbocycles. The lowest BCUT2D eigenvalue weighted by atomic mass is 10.2. The Morgan fingerprint density at radius 2 is 2.31 bits per heavy atom. The molecule has 1 heterocycles. The molecule has 1 N–H and O–H groups in total. The Morgan fingerprint density at radius 1 is 1.50 bits per heavy atom. The minimum atomic E-state index is -0.530. The second kappa shape index (κ2) is 4.40. The molecule has 4 nitrogen and oxygen atoms in total. The van der Waals surface area contributed by atoms with E-state index in [1.165, 1.54) is 12.1 Å². The van der Waals surface area contributed by atoms with Crippen LogP contribution in [0.25, 0.3) is 11.5 Å². The highest BCUT2D eigenvalue weighted by molar-refractivity contribution is 5.52. The standard InChI is InChI=1S/C11H11FN2O2/c1-7(15)5-10-13-11(16-14-10)8-3-2-4-9(12)6-8/h2-4,6-7,15H,5H2,1H3. The van der Waals surface area contributed by atoms with Gasteiger partial charge in [0.25, 0.3) is 5.89 Å². The van der Waals surface area contributed by atoms with Crippen molar-refractivity contribution in [2.45, 2.75) is 19.4 Å². The van der Waals surface area contributed by atoms with E-state index in [0.29, 0.717) is 17.8 Å². The molecule has 0 amide bonds. The number of aliphatic hydroxyl groups excluding tert-OH is 1. The largest absolute Gasteiger partial charge is 0.393 e. The number of nitrogens with zero attached hydrogens (tertiary/aromatic N) is 2. The lowest BCUT2D eigenvalue weighted by molar-refractivity contribution is 0.191. The van der Waals surface area contributed by atoms with E-state index in [4.69, 9.17) is 9.63 Å². The SMILES string of the molecule is CC(O)Cc1noc(-c2cccc(F)c2)n1. The van der Waals surface area contributed by atoms with Crippen LogP contribution >= 0.6 is 0 Å². The van der Waals surface area contributed by atoms with Gasteiger partial charge >= 0.3 is 0 Å². The third-order valence-corrected chi connectivity index (χ3v) is 2.02. The summed E-state index contributed by atoms with van der Waals surface area (Å²) in [5, 5.41) is 12.8. The van der Waals surface area contributed by atoms with Gasteiger partial charge in [-0.2, -0.15) is 4.98 Å². The van der Waals surface area contributed by atoms with Crippen LogP contribution in [-0.2, 0) is 6.42 Å². The van der Waals surface area contributed by atoms with Crippen molar-refractivity contribution < 1.29 is 14.0 Å². The third-order valence-electron chi connectivity index (χ3n) is 2.02. The monoisotopic (exact) mass is 222 g/mol. The Hall–Kier alpha value is -1.75. The van der Waals surface area contributed by atoms with E-state index < -0.39 is 6.10 Å². The number of hydrogen-bond donors (Lipinski definition) is 1. The number of benzene rings is 1. The Labute approximate surface area is 91.7 Å². The van der Waals surface area contributed by atoms with Gasteiger partial charge in [-0.05, 0) is 25.1 Å². The molecule has 0 aliphatic heterocycles. The predicted molar refractivity (Wildman–Crippen MR) is 55.1 cm³/mol. The average Bonchev–Trinajstić information content (AvgIpc) is 2.65. The normalized spacial score (nSPS) is 12.7. The van der Waals surface area contributed by atoms with Crippen LogP contribution in [0.3, 0.4) is 0 Å². The minimum absolute atomic E-state index is 0.259. The zero-order chi connectivity index (χ0) is 11.5. The van der Waals surface area contributed by atoms with Gasteiger partial charge in [0.2, 0.25) is 0 Å². The maximum absolute atomic E-state index is 12.9. The molecule has 1 atom stereocenters. The topological polar surface area (TPSA) is 59.2 Å². The van der Waals surface area contributed by atoms with E-state index in [0.717, 1.165) is 0 Å². The van der Waals surface area contributed by atoms with Crippen LogP contribution in [0.1, 0.15) is 12.7 Å². The Balaban J connectivity index is 2.24. The van der Waals surface area contributed by atoms with Crippen molar-refractivity contribution in [1.82, 2.24) is 10.1 Å². The Kier molecular flexibility index (Phi) is 2.96. The van der Waals surface area contributed by atoms with Gasteiger partial charge in [-0.1, -0.05) is 11.2 Å². The molecule has 0 aliphatic rings. The van der Waals surface area contributed by atoms with Gasteiger partial charge in [-0.3, -0.25) is 0 Å². The fraction of sp³-hybridized carbons (Fsp3) is 0.273. The summed E-state index contributed by atoms with van der Waals surface area (Å²) in [7, 11) is 0. The number of halogens is 1. The first-order valence-electron chi connectivity index (χ1n) is 4.92. The van der Waals surface area contributed by atoms with Crippen molar-refractivity contribution in [3.8, 4) is 11.5 Å². The van der Waals surface area contributed by atoms with Crippen molar-refractivity contribution in [2.75, 3.05) is 0 Å². The molecule has 84 valence electrons. The molecular formula is C11H11FN2O2. The van der Waals surface area contributed by atoms with Gasteiger partial charge in [0, 0.05) is 12.0 Å². The number of rotatable bonds is 3. The second-order valence-electron chi connectivity index (χ2n) is 3.58. The van der Waals surface area contributed by atoms with Crippen molar-refractivity contribution in [3.05, 3.63) is 35.9 Å². The van der Waals surface area contributed by atoms with Crippen LogP contribution < -0.4 is 0 Å². The fourth-order valence-corrected chi connectivity index (χ4v) is 1.34. The summed E-state index contributed by atoms with van der Waals surface area (Å²) in [6.45, 7) is 1.64. The summed E-state index contributed by atoms with van der Waals surface area (Å²) < 4.78 is 17.9. The Morgan fingerprint density at radius 3 is 3.00 bits per heavy atom. The molecular weight excluding hydrogens is 211 g/mol. The van der Waals surface area contributed by atoms with Crippen LogP contribution in [0.15, 0.2) is 28.8 Å². The minimum Gasteiger partial charge on any atom is -0.393 e. The first-order valence-corrected chi connectivity index (χ1v) is 4.92. The van der Waals surface area contributed by atoms with Crippen molar-refractivity contribution in [1.29, 1.82) is 0 Å². The van der Waals surface area contributed by atoms with Gasteiger partial charge < -0.3 is 9.63 Å². The third kappa shape index (κ3) is 2.43. The van der Waals surface area contributed by atoms with Crippen LogP contribution in [-0.4, -0.2) is 21.4 Å². The van der Waals surface area contributed by atoms with E-state index >= 15 is 0 Å². The van der Waals surface area contributed by atoms with E-state index in [2.05, 4.69) is 10.1 Å². The van der Waals surface area contributed by atoms with Crippen molar-refractivity contribution in [2.24, 2.45) is 0 Å². The molecule has 0 fully saturated rings. The van der Waals surface area contributed by atoms with Crippen molar-refractivity contribution in [3.63, 3.8) is 0 Å². The van der Waals surface area contributed by atoms with Gasteiger partial charge in [0.15, 0.2) is 5.82 Å². The Bertz CT molecular complexity index is 482. The molecule has 0 radical (unpaired) electrons. The van der Waals surface area contributed by atoms with Crippen LogP contribution in [0, 0.1) is 5.82 Å². The fourth-order valence-electron chi connectivity index (χ4n) is 1.34. The summed E-state index contributed by atoms with van der Waals surface area (Å²) in [6, 6.07) is 5.92. The molecule has 0 bridgehead atoms. The molecule has 2 aromatic rings. The number of aliphatic hydroxyl groups is 1. The molecule has 2 rings (SSSR count).